The van der Waals surface area contributed by atoms with E-state index in [1.807, 2.05) is 56.3 Å². The molecule has 0 aliphatic carbocycles. The van der Waals surface area contributed by atoms with E-state index in [2.05, 4.69) is 20.9 Å². The van der Waals surface area contributed by atoms with Crippen molar-refractivity contribution in [2.24, 2.45) is 4.99 Å². The second kappa shape index (κ2) is 14.0. The zero-order valence-electron chi connectivity index (χ0n) is 24.7. The minimum absolute atomic E-state index is 0.220. The number of aromatic nitrogens is 1. The van der Waals surface area contributed by atoms with E-state index in [9.17, 15) is 9.59 Å². The van der Waals surface area contributed by atoms with Crippen molar-refractivity contribution in [2.75, 3.05) is 27.4 Å². The molecule has 1 aromatic heterocycles. The summed E-state index contributed by atoms with van der Waals surface area (Å²) in [4.78, 5) is 31.9. The van der Waals surface area contributed by atoms with Crippen molar-refractivity contribution in [3.05, 3.63) is 113 Å². The highest BCUT2D eigenvalue weighted by Gasteiger charge is 2.31. The fraction of sp³-hybridized carbons (Fsp3) is 0.242. The van der Waals surface area contributed by atoms with E-state index in [0.717, 1.165) is 10.0 Å². The summed E-state index contributed by atoms with van der Waals surface area (Å²) in [5.74, 6) is 1.54. The molecule has 2 heterocycles. The minimum atomic E-state index is -0.797. The molecule has 1 atom stereocenters. The smallest absolute Gasteiger partial charge is 0.337 e. The highest BCUT2D eigenvalue weighted by Crippen LogP contribution is 2.35. The molecule has 44 heavy (non-hydrogen) atoms. The molecule has 0 bridgehead atoms. The predicted octanol–water partition coefficient (Wildman–Crippen LogP) is 5.17. The molecule has 9 nitrogen and oxygen atoms in total. The number of benzene rings is 3. The molecule has 0 saturated heterocycles. The number of fused-ring (bicyclic) bond motifs is 1. The number of hydrogen-bond acceptors (Lipinski definition) is 9. The number of halogens is 1. The number of rotatable bonds is 11. The van der Waals surface area contributed by atoms with Gasteiger partial charge in [-0.2, -0.15) is 0 Å². The summed E-state index contributed by atoms with van der Waals surface area (Å²) in [7, 11) is 2.87. The molecular weight excluding hydrogens is 648 g/mol. The van der Waals surface area contributed by atoms with Crippen molar-refractivity contribution >= 4 is 39.3 Å². The largest absolute Gasteiger partial charge is 0.493 e. The lowest BCUT2D eigenvalue weighted by atomic mass is 9.97. The first-order valence-corrected chi connectivity index (χ1v) is 15.5. The van der Waals surface area contributed by atoms with Crippen LogP contribution in [-0.4, -0.2) is 38.0 Å². The van der Waals surface area contributed by atoms with Crippen molar-refractivity contribution in [1.82, 2.24) is 4.57 Å². The number of esters is 1. The summed E-state index contributed by atoms with van der Waals surface area (Å²) < 4.78 is 31.4. The van der Waals surface area contributed by atoms with Gasteiger partial charge in [-0.05, 0) is 61.4 Å². The van der Waals surface area contributed by atoms with Crippen LogP contribution in [0.1, 0.15) is 36.6 Å². The Morgan fingerprint density at radius 2 is 1.73 bits per heavy atom. The Morgan fingerprint density at radius 3 is 2.43 bits per heavy atom. The van der Waals surface area contributed by atoms with Crippen molar-refractivity contribution in [1.29, 1.82) is 0 Å². The molecule has 0 fully saturated rings. The van der Waals surface area contributed by atoms with Gasteiger partial charge in [-0.15, -0.1) is 0 Å². The molecule has 0 spiro atoms. The van der Waals surface area contributed by atoms with E-state index in [-0.39, 0.29) is 11.1 Å². The Hall–Kier alpha value is -4.35. The average Bonchev–Trinajstić information content (AvgIpc) is 3.35. The molecule has 3 aromatic carbocycles. The number of carbonyl (C=O) groups is 1. The zero-order chi connectivity index (χ0) is 31.2. The third-order valence-corrected chi connectivity index (χ3v) is 8.35. The van der Waals surface area contributed by atoms with Crippen molar-refractivity contribution in [3.8, 4) is 23.0 Å². The average molecular weight is 680 g/mol. The van der Waals surface area contributed by atoms with Gasteiger partial charge in [0.05, 0.1) is 43.6 Å². The van der Waals surface area contributed by atoms with Gasteiger partial charge in [0.2, 0.25) is 0 Å². The molecule has 4 aromatic rings. The summed E-state index contributed by atoms with van der Waals surface area (Å²) in [5, 5.41) is 0. The van der Waals surface area contributed by atoms with E-state index >= 15 is 0 Å². The molecule has 1 aliphatic heterocycles. The molecule has 0 radical (unpaired) electrons. The Labute approximate surface area is 266 Å². The third-order valence-electron chi connectivity index (χ3n) is 6.82. The van der Waals surface area contributed by atoms with Gasteiger partial charge < -0.3 is 23.7 Å². The van der Waals surface area contributed by atoms with E-state index in [0.29, 0.717) is 63.3 Å². The number of carbonyl (C=O) groups excluding carboxylic acids is 1. The van der Waals surface area contributed by atoms with Gasteiger partial charge in [0.1, 0.15) is 6.61 Å². The summed E-state index contributed by atoms with van der Waals surface area (Å²) in [5.41, 5.74) is 2.19. The summed E-state index contributed by atoms with van der Waals surface area (Å²) in [6.07, 6.45) is 3.21. The molecule has 0 unspecified atom stereocenters. The monoisotopic (exact) mass is 678 g/mol. The van der Waals surface area contributed by atoms with Crippen molar-refractivity contribution in [3.63, 3.8) is 0 Å². The first-order valence-electron chi connectivity index (χ1n) is 13.9. The predicted molar refractivity (Wildman–Crippen MR) is 171 cm³/mol. The highest BCUT2D eigenvalue weighted by atomic mass is 79.9. The summed E-state index contributed by atoms with van der Waals surface area (Å²) >= 11 is 4.67. The first kappa shape index (κ1) is 31.1. The van der Waals surface area contributed by atoms with Gasteiger partial charge in [0, 0.05) is 16.2 Å². The van der Waals surface area contributed by atoms with Crippen LogP contribution in [0.4, 0.5) is 0 Å². The number of thiazole rings is 1. The van der Waals surface area contributed by atoms with Gasteiger partial charge >= 0.3 is 5.97 Å². The lowest BCUT2D eigenvalue weighted by molar-refractivity contribution is -0.136. The van der Waals surface area contributed by atoms with Crippen LogP contribution in [0, 0.1) is 0 Å². The molecule has 1 aliphatic rings. The van der Waals surface area contributed by atoms with Gasteiger partial charge in [0.15, 0.2) is 27.8 Å². The standard InChI is InChI=1S/C33H31BrN2O7S/c1-5-41-25-15-12-21(16-27(25)42-6-2)29-24(32(38)40-4)18-35-33-36(29)31(37)28(44-33)17-22-8-7-9-26(39-3)30(22)43-19-20-10-13-23(34)14-11-20/h7-18,29H,5-6,19H2,1-4H3/b28-17+/t29-/m1/s1. The van der Waals surface area contributed by atoms with Gasteiger partial charge in [-0.1, -0.05) is 57.6 Å². The van der Waals surface area contributed by atoms with Gasteiger partial charge in [0.25, 0.3) is 5.56 Å². The molecular formula is C33H31BrN2O7S. The minimum Gasteiger partial charge on any atom is -0.493 e. The Kier molecular flexibility index (Phi) is 9.86. The van der Waals surface area contributed by atoms with E-state index < -0.39 is 12.0 Å². The van der Waals surface area contributed by atoms with Crippen molar-refractivity contribution < 1.29 is 28.5 Å². The van der Waals surface area contributed by atoms with Crippen LogP contribution >= 0.6 is 27.3 Å². The lowest BCUT2D eigenvalue weighted by Crippen LogP contribution is -2.39. The highest BCUT2D eigenvalue weighted by molar-refractivity contribution is 9.10. The topological polar surface area (TPSA) is 97.6 Å². The van der Waals surface area contributed by atoms with Crippen LogP contribution < -0.4 is 33.8 Å². The number of nitrogens with zero attached hydrogens (tertiary/aromatic N) is 2. The molecule has 11 heteroatoms. The van der Waals surface area contributed by atoms with E-state index in [1.165, 1.54) is 29.2 Å². The van der Waals surface area contributed by atoms with Crippen LogP contribution in [-0.2, 0) is 16.1 Å². The van der Waals surface area contributed by atoms with Crippen LogP contribution in [0.5, 0.6) is 23.0 Å². The molecule has 0 N–H and O–H groups in total. The van der Waals surface area contributed by atoms with Crippen LogP contribution in [0.3, 0.4) is 0 Å². The summed E-state index contributed by atoms with van der Waals surface area (Å²) in [6.45, 7) is 4.94. The lowest BCUT2D eigenvalue weighted by Gasteiger charge is -2.23. The van der Waals surface area contributed by atoms with Gasteiger partial charge in [-0.25, -0.2) is 9.79 Å². The number of para-hydroxylation sites is 1. The number of ether oxygens (including phenoxy) is 5. The van der Waals surface area contributed by atoms with Gasteiger partial charge in [-0.3, -0.25) is 9.36 Å². The van der Waals surface area contributed by atoms with Crippen LogP contribution in [0.15, 0.2) is 86.7 Å². The SMILES string of the molecule is CCOc1ccc([C@@H]2C(C(=O)OC)=CN=c3s/c(=C/c4cccc(OC)c4OCc4ccc(Br)cc4)c(=O)n32)cc1OCC. The summed E-state index contributed by atoms with van der Waals surface area (Å²) in [6, 6.07) is 17.9. The maximum Gasteiger partial charge on any atom is 0.337 e. The molecule has 0 saturated carbocycles. The van der Waals surface area contributed by atoms with E-state index in [4.69, 9.17) is 23.7 Å². The first-order chi connectivity index (χ1) is 21.4. The zero-order valence-corrected chi connectivity index (χ0v) is 27.1. The molecule has 5 rings (SSSR count). The second-order valence-corrected chi connectivity index (χ2v) is 11.5. The fourth-order valence-electron chi connectivity index (χ4n) is 4.83. The van der Waals surface area contributed by atoms with Crippen LogP contribution in [0.2, 0.25) is 0 Å². The number of hydrogen-bond donors (Lipinski definition) is 0. The Morgan fingerprint density at radius 1 is 0.977 bits per heavy atom. The quantitative estimate of drug-likeness (QED) is 0.202. The fourth-order valence-corrected chi connectivity index (χ4v) is 6.05. The van der Waals surface area contributed by atoms with Crippen molar-refractivity contribution in [2.45, 2.75) is 26.5 Å². The Bertz CT molecular complexity index is 1880. The normalized spacial score (nSPS) is 14.2. The maximum absolute atomic E-state index is 14.1. The second-order valence-electron chi connectivity index (χ2n) is 9.54. The maximum atomic E-state index is 14.1. The van der Waals surface area contributed by atoms with Crippen LogP contribution in [0.25, 0.3) is 6.08 Å². The Balaban J connectivity index is 1.61. The van der Waals surface area contributed by atoms with E-state index in [1.54, 1.807) is 31.4 Å². The molecule has 0 amide bonds. The third kappa shape index (κ3) is 6.44. The molecule has 228 valence electrons. The number of methoxy groups -OCH3 is 2.